The zero-order valence-corrected chi connectivity index (χ0v) is 15.1. The van der Waals surface area contributed by atoms with Crippen molar-refractivity contribution in [1.82, 2.24) is 10.6 Å². The monoisotopic (exact) mass is 361 g/mol. The quantitative estimate of drug-likeness (QED) is 0.697. The Morgan fingerprint density at radius 1 is 0.962 bits per heavy atom. The number of carbonyl (C=O) groups excluding carboxylic acids is 2. The first-order valence-corrected chi connectivity index (χ1v) is 9.61. The summed E-state index contributed by atoms with van der Waals surface area (Å²) in [5.41, 5.74) is 5.76. The largest absolute Gasteiger partial charge is 0.366 e. The molecule has 0 saturated heterocycles. The number of amides is 3. The van der Waals surface area contributed by atoms with Crippen molar-refractivity contribution >= 4 is 11.9 Å². The Kier molecular flexibility index (Phi) is 6.12. The highest BCUT2D eigenvalue weighted by Crippen LogP contribution is 2.31. The van der Waals surface area contributed by atoms with Crippen molar-refractivity contribution in [2.75, 3.05) is 13.1 Å². The Morgan fingerprint density at radius 3 is 2.04 bits per heavy atom. The second-order valence-corrected chi connectivity index (χ2v) is 7.77. The molecule has 3 rings (SSSR count). The number of nitrogens with one attached hydrogen (secondary N) is 2. The molecule has 26 heavy (non-hydrogen) atoms. The highest BCUT2D eigenvalue weighted by atomic mass is 19.1. The highest BCUT2D eigenvalue weighted by molar-refractivity contribution is 5.93. The van der Waals surface area contributed by atoms with E-state index in [-0.39, 0.29) is 11.6 Å². The van der Waals surface area contributed by atoms with Crippen molar-refractivity contribution in [3.63, 3.8) is 0 Å². The van der Waals surface area contributed by atoms with Gasteiger partial charge in [-0.1, -0.05) is 12.1 Å². The Balaban J connectivity index is 1.40. The molecule has 3 amide bonds. The summed E-state index contributed by atoms with van der Waals surface area (Å²) in [6.45, 7) is 1.49. The molecule has 0 radical (unpaired) electrons. The van der Waals surface area contributed by atoms with Crippen molar-refractivity contribution in [1.29, 1.82) is 0 Å². The van der Waals surface area contributed by atoms with Gasteiger partial charge < -0.3 is 16.4 Å². The van der Waals surface area contributed by atoms with Gasteiger partial charge >= 0.3 is 6.03 Å². The van der Waals surface area contributed by atoms with E-state index in [1.54, 1.807) is 12.1 Å². The summed E-state index contributed by atoms with van der Waals surface area (Å²) in [5, 5.41) is 5.88. The van der Waals surface area contributed by atoms with E-state index >= 15 is 0 Å². The number of hydrogen-bond acceptors (Lipinski definition) is 2. The zero-order chi connectivity index (χ0) is 18.5. The van der Waals surface area contributed by atoms with Crippen LogP contribution in [0, 0.1) is 23.6 Å². The van der Waals surface area contributed by atoms with Crippen LogP contribution in [0.5, 0.6) is 0 Å². The molecule has 6 heteroatoms. The molecule has 0 heterocycles. The molecule has 142 valence electrons. The lowest BCUT2D eigenvalue weighted by Gasteiger charge is -2.29. The normalized spacial score (nSPS) is 22.7. The van der Waals surface area contributed by atoms with E-state index in [1.807, 2.05) is 0 Å². The first-order chi connectivity index (χ1) is 12.5. The Hall–Kier alpha value is -2.11. The van der Waals surface area contributed by atoms with Crippen LogP contribution < -0.4 is 16.4 Å². The van der Waals surface area contributed by atoms with Gasteiger partial charge in [0.1, 0.15) is 5.82 Å². The fourth-order valence-corrected chi connectivity index (χ4v) is 3.74. The van der Waals surface area contributed by atoms with Gasteiger partial charge in [-0.3, -0.25) is 4.79 Å². The van der Waals surface area contributed by atoms with Gasteiger partial charge in [0.2, 0.25) is 0 Å². The SMILES string of the molecule is NC(=O)c1cccc(CC2CCC(CNC(=O)NCC3CC3)CC2)c1F. The average molecular weight is 361 g/mol. The van der Waals surface area contributed by atoms with Crippen LogP contribution in [0.1, 0.15) is 54.4 Å². The molecule has 2 aliphatic rings. The van der Waals surface area contributed by atoms with Gasteiger partial charge in [-0.05, 0) is 74.3 Å². The standard InChI is InChI=1S/C20H28FN3O2/c21-18-16(2-1-3-17(18)19(22)25)10-13-4-6-14(7-5-13)11-23-20(26)24-12-15-8-9-15/h1-3,13-15H,4-12H2,(H2,22,25)(H2,23,24,26). The molecule has 0 aliphatic heterocycles. The summed E-state index contributed by atoms with van der Waals surface area (Å²) in [6, 6.07) is 4.79. The van der Waals surface area contributed by atoms with Crippen molar-refractivity contribution in [3.8, 4) is 0 Å². The lowest BCUT2D eigenvalue weighted by molar-refractivity contribution is 0.0996. The first kappa shape index (κ1) is 18.7. The molecule has 1 aromatic rings. The van der Waals surface area contributed by atoms with Gasteiger partial charge in [0, 0.05) is 13.1 Å². The molecule has 0 aromatic heterocycles. The molecule has 0 unspecified atom stereocenters. The molecule has 2 aliphatic carbocycles. The van der Waals surface area contributed by atoms with E-state index in [4.69, 9.17) is 5.73 Å². The summed E-state index contributed by atoms with van der Waals surface area (Å²) < 4.78 is 14.3. The first-order valence-electron chi connectivity index (χ1n) is 9.61. The summed E-state index contributed by atoms with van der Waals surface area (Å²) >= 11 is 0. The van der Waals surface area contributed by atoms with Gasteiger partial charge in [0.05, 0.1) is 5.56 Å². The fraction of sp³-hybridized carbons (Fsp3) is 0.600. The Labute approximate surface area is 153 Å². The topological polar surface area (TPSA) is 84.2 Å². The number of urea groups is 1. The van der Waals surface area contributed by atoms with Crippen LogP contribution in [-0.4, -0.2) is 25.0 Å². The van der Waals surface area contributed by atoms with E-state index in [0.717, 1.165) is 32.2 Å². The number of carbonyl (C=O) groups is 2. The third-order valence-corrected chi connectivity index (χ3v) is 5.62. The van der Waals surface area contributed by atoms with Crippen LogP contribution >= 0.6 is 0 Å². The minimum Gasteiger partial charge on any atom is -0.366 e. The minimum absolute atomic E-state index is 0.0300. The lowest BCUT2D eigenvalue weighted by atomic mass is 9.79. The van der Waals surface area contributed by atoms with Gasteiger partial charge in [-0.2, -0.15) is 0 Å². The summed E-state index contributed by atoms with van der Waals surface area (Å²) in [7, 11) is 0. The van der Waals surface area contributed by atoms with E-state index in [2.05, 4.69) is 10.6 Å². The number of hydrogen-bond donors (Lipinski definition) is 3. The molecule has 0 atom stereocenters. The lowest BCUT2D eigenvalue weighted by Crippen LogP contribution is -2.39. The summed E-state index contributed by atoms with van der Waals surface area (Å²) in [5.74, 6) is 0.382. The molecule has 0 bridgehead atoms. The maximum absolute atomic E-state index is 14.3. The second-order valence-electron chi connectivity index (χ2n) is 7.77. The van der Waals surface area contributed by atoms with E-state index in [9.17, 15) is 14.0 Å². The van der Waals surface area contributed by atoms with Crippen molar-refractivity contribution in [2.24, 2.45) is 23.5 Å². The van der Waals surface area contributed by atoms with Crippen LogP contribution in [0.3, 0.4) is 0 Å². The van der Waals surface area contributed by atoms with E-state index in [0.29, 0.717) is 36.3 Å². The summed E-state index contributed by atoms with van der Waals surface area (Å²) in [4.78, 5) is 23.0. The predicted molar refractivity (Wildman–Crippen MR) is 98.2 cm³/mol. The van der Waals surface area contributed by atoms with Crippen LogP contribution in [0.2, 0.25) is 0 Å². The Bertz CT molecular complexity index is 652. The third-order valence-electron chi connectivity index (χ3n) is 5.62. The van der Waals surface area contributed by atoms with Gasteiger partial charge in [0.15, 0.2) is 0 Å². The van der Waals surface area contributed by atoms with Crippen LogP contribution in [0.4, 0.5) is 9.18 Å². The molecule has 5 nitrogen and oxygen atoms in total. The fourth-order valence-electron chi connectivity index (χ4n) is 3.74. The molecule has 4 N–H and O–H groups in total. The number of halogens is 1. The smallest absolute Gasteiger partial charge is 0.314 e. The molecule has 0 spiro atoms. The molecular formula is C20H28FN3O2. The van der Waals surface area contributed by atoms with E-state index in [1.165, 1.54) is 18.9 Å². The molecule has 2 fully saturated rings. The average Bonchev–Trinajstić information content (AvgIpc) is 3.45. The third kappa shape index (κ3) is 5.19. The Morgan fingerprint density at radius 2 is 1.50 bits per heavy atom. The van der Waals surface area contributed by atoms with Crippen LogP contribution in [0.25, 0.3) is 0 Å². The maximum atomic E-state index is 14.3. The van der Waals surface area contributed by atoms with Crippen LogP contribution in [0.15, 0.2) is 18.2 Å². The van der Waals surface area contributed by atoms with Gasteiger partial charge in [-0.15, -0.1) is 0 Å². The molecule has 1 aromatic carbocycles. The predicted octanol–water partition coefficient (Wildman–Crippen LogP) is 2.98. The maximum Gasteiger partial charge on any atom is 0.314 e. The number of nitrogens with two attached hydrogens (primary N) is 1. The highest BCUT2D eigenvalue weighted by Gasteiger charge is 2.24. The van der Waals surface area contributed by atoms with E-state index < -0.39 is 11.7 Å². The molecule has 2 saturated carbocycles. The minimum atomic E-state index is -0.723. The van der Waals surface area contributed by atoms with Crippen molar-refractivity contribution in [2.45, 2.75) is 44.9 Å². The van der Waals surface area contributed by atoms with Gasteiger partial charge in [-0.25, -0.2) is 9.18 Å². The van der Waals surface area contributed by atoms with Crippen molar-refractivity contribution in [3.05, 3.63) is 35.1 Å². The van der Waals surface area contributed by atoms with Crippen LogP contribution in [-0.2, 0) is 6.42 Å². The number of rotatable bonds is 7. The number of benzene rings is 1. The summed E-state index contributed by atoms with van der Waals surface area (Å²) in [6.07, 6.45) is 7.18. The molecular weight excluding hydrogens is 333 g/mol. The number of primary amides is 1. The van der Waals surface area contributed by atoms with Crippen molar-refractivity contribution < 1.29 is 14.0 Å². The zero-order valence-electron chi connectivity index (χ0n) is 15.1. The van der Waals surface area contributed by atoms with Gasteiger partial charge in [0.25, 0.3) is 5.91 Å². The second kappa shape index (κ2) is 8.52.